The van der Waals surface area contributed by atoms with Crippen LogP contribution in [0.15, 0.2) is 41.4 Å². The quantitative estimate of drug-likeness (QED) is 0.906. The van der Waals surface area contributed by atoms with Crippen molar-refractivity contribution < 1.29 is 4.39 Å². The van der Waals surface area contributed by atoms with Crippen LogP contribution in [0.25, 0.3) is 0 Å². The van der Waals surface area contributed by atoms with Crippen molar-refractivity contribution in [2.75, 3.05) is 5.75 Å². The molecule has 108 valence electrons. The summed E-state index contributed by atoms with van der Waals surface area (Å²) in [6.07, 6.45) is 5.07. The highest BCUT2D eigenvalue weighted by Gasteiger charge is 2.28. The smallest absolute Gasteiger partial charge is 0.123 e. The van der Waals surface area contributed by atoms with E-state index in [1.54, 1.807) is 12.1 Å². The zero-order valence-electron chi connectivity index (χ0n) is 11.7. The first-order chi connectivity index (χ1) is 10.3. The van der Waals surface area contributed by atoms with E-state index in [4.69, 9.17) is 0 Å². The summed E-state index contributed by atoms with van der Waals surface area (Å²) < 4.78 is 13.6. The van der Waals surface area contributed by atoms with E-state index in [1.165, 1.54) is 16.2 Å². The maximum Gasteiger partial charge on any atom is 0.123 e. The molecule has 1 N–H and O–H groups in total. The van der Waals surface area contributed by atoms with Crippen molar-refractivity contribution in [1.29, 1.82) is 0 Å². The number of benzene rings is 1. The molecule has 2 aromatic rings. The average Bonchev–Trinajstić information content (AvgIpc) is 2.91. The lowest BCUT2D eigenvalue weighted by Gasteiger charge is -2.29. The van der Waals surface area contributed by atoms with Gasteiger partial charge in [0.2, 0.25) is 0 Å². The molecule has 0 bridgehead atoms. The third kappa shape index (κ3) is 2.47. The van der Waals surface area contributed by atoms with Gasteiger partial charge in [-0.25, -0.2) is 4.39 Å². The number of thioether (sulfide) groups is 1. The Morgan fingerprint density at radius 1 is 1.19 bits per heavy atom. The lowest BCUT2D eigenvalue weighted by atomic mass is 10.0. The number of fused-ring (bicyclic) bond motifs is 2. The first-order valence-electron chi connectivity index (χ1n) is 7.43. The average molecular weight is 300 g/mol. The lowest BCUT2D eigenvalue weighted by molar-refractivity contribution is 0.421. The van der Waals surface area contributed by atoms with Gasteiger partial charge in [0, 0.05) is 17.1 Å². The van der Waals surface area contributed by atoms with E-state index in [0.717, 1.165) is 30.6 Å². The van der Waals surface area contributed by atoms with Crippen LogP contribution >= 0.6 is 11.8 Å². The number of halogens is 1. The van der Waals surface area contributed by atoms with Gasteiger partial charge < -0.3 is 5.32 Å². The Balaban J connectivity index is 1.61. The summed E-state index contributed by atoms with van der Waals surface area (Å²) in [6, 6.07) is 9.84. The largest absolute Gasteiger partial charge is 0.302 e. The number of aromatic nitrogens is 1. The fourth-order valence-electron chi connectivity index (χ4n) is 3.36. The van der Waals surface area contributed by atoms with Crippen LogP contribution in [0.1, 0.15) is 41.7 Å². The standard InChI is InChI=1S/C17H17FN2S/c18-12-4-6-16-13(10-12)14(7-9-21-16)20-15-5-3-11-2-1-8-19-17(11)15/h1-2,4,6,8,10,14-15,20H,3,5,7,9H2. The summed E-state index contributed by atoms with van der Waals surface area (Å²) in [4.78, 5) is 5.75. The molecule has 0 spiro atoms. The van der Waals surface area contributed by atoms with Gasteiger partial charge in [0.05, 0.1) is 11.7 Å². The molecule has 2 atom stereocenters. The number of nitrogens with one attached hydrogen (secondary N) is 1. The van der Waals surface area contributed by atoms with Crippen molar-refractivity contribution >= 4 is 11.8 Å². The second-order valence-corrected chi connectivity index (χ2v) is 6.81. The summed E-state index contributed by atoms with van der Waals surface area (Å²) in [5.74, 6) is 0.936. The maximum absolute atomic E-state index is 13.6. The van der Waals surface area contributed by atoms with E-state index in [2.05, 4.69) is 16.4 Å². The van der Waals surface area contributed by atoms with Gasteiger partial charge in [0.15, 0.2) is 0 Å². The summed E-state index contributed by atoms with van der Waals surface area (Å²) >= 11 is 1.82. The molecule has 2 unspecified atom stereocenters. The highest BCUT2D eigenvalue weighted by Crippen LogP contribution is 2.39. The first kappa shape index (κ1) is 13.3. The van der Waals surface area contributed by atoms with E-state index >= 15 is 0 Å². The summed E-state index contributed by atoms with van der Waals surface area (Å²) in [5, 5.41) is 3.71. The van der Waals surface area contributed by atoms with Crippen molar-refractivity contribution in [2.45, 2.75) is 36.2 Å². The van der Waals surface area contributed by atoms with Crippen LogP contribution in [0.4, 0.5) is 4.39 Å². The van der Waals surface area contributed by atoms with E-state index in [-0.39, 0.29) is 11.9 Å². The molecule has 1 aromatic carbocycles. The third-order valence-electron chi connectivity index (χ3n) is 4.37. The van der Waals surface area contributed by atoms with Gasteiger partial charge in [-0.1, -0.05) is 6.07 Å². The molecule has 21 heavy (non-hydrogen) atoms. The van der Waals surface area contributed by atoms with Gasteiger partial charge >= 0.3 is 0 Å². The zero-order chi connectivity index (χ0) is 14.2. The number of rotatable bonds is 2. The molecule has 2 nitrogen and oxygen atoms in total. The zero-order valence-corrected chi connectivity index (χ0v) is 12.5. The van der Waals surface area contributed by atoms with Gasteiger partial charge in [-0.05, 0) is 60.4 Å². The molecule has 0 radical (unpaired) electrons. The molecule has 0 amide bonds. The molecule has 0 fully saturated rings. The Bertz CT molecular complexity index is 674. The fourth-order valence-corrected chi connectivity index (χ4v) is 4.46. The van der Waals surface area contributed by atoms with Crippen LogP contribution in [-0.2, 0) is 6.42 Å². The molecule has 2 aliphatic rings. The fraction of sp³-hybridized carbons (Fsp3) is 0.353. The van der Waals surface area contributed by atoms with Gasteiger partial charge in [0.1, 0.15) is 5.82 Å². The van der Waals surface area contributed by atoms with E-state index in [1.807, 2.05) is 30.1 Å². The molecule has 2 heterocycles. The molecule has 1 aromatic heterocycles. The van der Waals surface area contributed by atoms with Crippen molar-refractivity contribution in [3.8, 4) is 0 Å². The van der Waals surface area contributed by atoms with Gasteiger partial charge in [-0.3, -0.25) is 4.98 Å². The van der Waals surface area contributed by atoms with Crippen molar-refractivity contribution in [2.24, 2.45) is 0 Å². The minimum absolute atomic E-state index is 0.145. The Kier molecular flexibility index (Phi) is 3.43. The topological polar surface area (TPSA) is 24.9 Å². The number of hydrogen-bond acceptors (Lipinski definition) is 3. The number of hydrogen-bond donors (Lipinski definition) is 1. The Morgan fingerprint density at radius 3 is 3.10 bits per heavy atom. The molecule has 0 saturated heterocycles. The van der Waals surface area contributed by atoms with E-state index in [0.29, 0.717) is 6.04 Å². The van der Waals surface area contributed by atoms with Crippen LogP contribution in [0.3, 0.4) is 0 Å². The molecular weight excluding hydrogens is 283 g/mol. The van der Waals surface area contributed by atoms with Gasteiger partial charge in [-0.15, -0.1) is 11.8 Å². The second kappa shape index (κ2) is 5.43. The van der Waals surface area contributed by atoms with Crippen LogP contribution in [0.2, 0.25) is 0 Å². The Hall–Kier alpha value is -1.39. The highest BCUT2D eigenvalue weighted by atomic mass is 32.2. The Labute approximate surface area is 128 Å². The highest BCUT2D eigenvalue weighted by molar-refractivity contribution is 7.99. The van der Waals surface area contributed by atoms with E-state index in [9.17, 15) is 4.39 Å². The number of aryl methyl sites for hydroxylation is 1. The lowest BCUT2D eigenvalue weighted by Crippen LogP contribution is -2.28. The van der Waals surface area contributed by atoms with Gasteiger partial charge in [-0.2, -0.15) is 0 Å². The van der Waals surface area contributed by atoms with Crippen LogP contribution in [-0.4, -0.2) is 10.7 Å². The first-order valence-corrected chi connectivity index (χ1v) is 8.42. The molecule has 1 aliphatic carbocycles. The number of pyridine rings is 1. The SMILES string of the molecule is Fc1ccc2c(c1)C(NC1CCc3cccnc31)CCS2. The number of nitrogens with zero attached hydrogens (tertiary/aromatic N) is 1. The maximum atomic E-state index is 13.6. The van der Waals surface area contributed by atoms with Gasteiger partial charge in [0.25, 0.3) is 0 Å². The van der Waals surface area contributed by atoms with Crippen molar-refractivity contribution in [3.63, 3.8) is 0 Å². The van der Waals surface area contributed by atoms with E-state index < -0.39 is 0 Å². The second-order valence-electron chi connectivity index (χ2n) is 5.68. The summed E-state index contributed by atoms with van der Waals surface area (Å²) in [7, 11) is 0. The normalized spacial score (nSPS) is 23.7. The third-order valence-corrected chi connectivity index (χ3v) is 5.49. The van der Waals surface area contributed by atoms with Crippen LogP contribution < -0.4 is 5.32 Å². The van der Waals surface area contributed by atoms with Crippen LogP contribution in [0.5, 0.6) is 0 Å². The predicted molar refractivity (Wildman–Crippen MR) is 82.9 cm³/mol. The minimum atomic E-state index is -0.145. The molecule has 4 heteroatoms. The predicted octanol–water partition coefficient (Wildman–Crippen LogP) is 4.03. The molecular formula is C17H17FN2S. The molecule has 4 rings (SSSR count). The summed E-state index contributed by atoms with van der Waals surface area (Å²) in [6.45, 7) is 0. The van der Waals surface area contributed by atoms with Crippen molar-refractivity contribution in [3.05, 3.63) is 59.2 Å². The molecule has 1 aliphatic heterocycles. The molecule has 0 saturated carbocycles. The van der Waals surface area contributed by atoms with Crippen LogP contribution in [0, 0.1) is 5.82 Å². The Morgan fingerprint density at radius 2 is 2.14 bits per heavy atom. The minimum Gasteiger partial charge on any atom is -0.302 e. The van der Waals surface area contributed by atoms with Crippen molar-refractivity contribution in [1.82, 2.24) is 10.3 Å². The monoisotopic (exact) mass is 300 g/mol. The summed E-state index contributed by atoms with van der Waals surface area (Å²) in [5.41, 5.74) is 3.63.